The van der Waals surface area contributed by atoms with E-state index in [1.54, 1.807) is 4.90 Å². The third kappa shape index (κ3) is 3.22. The molecule has 5 heteroatoms. The zero-order valence-electron chi connectivity index (χ0n) is 7.38. The largest absolute Gasteiger partial charge is 0.354 e. The van der Waals surface area contributed by atoms with E-state index in [1.165, 1.54) is 0 Å². The van der Waals surface area contributed by atoms with E-state index < -0.39 is 0 Å². The summed E-state index contributed by atoms with van der Waals surface area (Å²) in [7, 11) is 0. The molecule has 1 heterocycles. The van der Waals surface area contributed by atoms with Gasteiger partial charge in [-0.05, 0) is 0 Å². The smallest absolute Gasteiger partial charge is 0.223 e. The number of nitrogens with zero attached hydrogens (tertiary/aromatic N) is 1. The Bertz CT molecular complexity index is 208. The number of nitrogens with one attached hydrogen (secondary N) is 1. The molecule has 0 spiro atoms. The number of carbonyl (C=O) groups excluding carboxylic acids is 2. The van der Waals surface area contributed by atoms with Crippen molar-refractivity contribution in [1.29, 1.82) is 0 Å². The number of hydrogen-bond acceptors (Lipinski definition) is 2. The normalized spacial score (nSPS) is 17.9. The van der Waals surface area contributed by atoms with Crippen LogP contribution in [0.2, 0.25) is 0 Å². The van der Waals surface area contributed by atoms with Crippen LogP contribution in [0, 0.1) is 0 Å². The summed E-state index contributed by atoms with van der Waals surface area (Å²) in [5.41, 5.74) is 0. The van der Waals surface area contributed by atoms with Crippen LogP contribution in [0.1, 0.15) is 12.8 Å². The fraction of sp³-hybridized carbons (Fsp3) is 0.750. The molecule has 1 aliphatic rings. The van der Waals surface area contributed by atoms with E-state index in [0.29, 0.717) is 38.4 Å². The molecule has 13 heavy (non-hydrogen) atoms. The highest BCUT2D eigenvalue weighted by Crippen LogP contribution is 2.00. The van der Waals surface area contributed by atoms with E-state index in [0.717, 1.165) is 0 Å². The number of halogens is 1. The lowest BCUT2D eigenvalue weighted by Crippen LogP contribution is -2.34. The van der Waals surface area contributed by atoms with Gasteiger partial charge in [-0.1, -0.05) is 0 Å². The van der Waals surface area contributed by atoms with Crippen molar-refractivity contribution >= 4 is 23.4 Å². The first kappa shape index (κ1) is 10.3. The number of rotatable bonds is 2. The lowest BCUT2D eigenvalue weighted by Gasteiger charge is -2.18. The lowest BCUT2D eigenvalue weighted by atomic mass is 10.3. The number of alkyl halides is 1. The van der Waals surface area contributed by atoms with Gasteiger partial charge in [0.1, 0.15) is 0 Å². The molecule has 0 radical (unpaired) electrons. The first-order valence-corrected chi connectivity index (χ1v) is 4.88. The van der Waals surface area contributed by atoms with E-state index in [9.17, 15) is 9.59 Å². The van der Waals surface area contributed by atoms with Crippen molar-refractivity contribution in [2.75, 3.05) is 25.5 Å². The molecule has 0 aromatic rings. The highest BCUT2D eigenvalue weighted by molar-refractivity contribution is 6.18. The van der Waals surface area contributed by atoms with Crippen LogP contribution in [-0.2, 0) is 9.59 Å². The van der Waals surface area contributed by atoms with Gasteiger partial charge in [-0.2, -0.15) is 0 Å². The number of carbonyl (C=O) groups is 2. The van der Waals surface area contributed by atoms with E-state index >= 15 is 0 Å². The van der Waals surface area contributed by atoms with Crippen molar-refractivity contribution in [2.45, 2.75) is 12.8 Å². The molecule has 2 amide bonds. The number of hydrogen-bond donors (Lipinski definition) is 1. The molecule has 4 nitrogen and oxygen atoms in total. The topological polar surface area (TPSA) is 49.4 Å². The monoisotopic (exact) mass is 204 g/mol. The highest BCUT2D eigenvalue weighted by atomic mass is 35.5. The van der Waals surface area contributed by atoms with E-state index in [4.69, 9.17) is 11.6 Å². The van der Waals surface area contributed by atoms with E-state index in [-0.39, 0.29) is 11.8 Å². The van der Waals surface area contributed by atoms with Crippen molar-refractivity contribution < 1.29 is 9.59 Å². The Labute approximate surface area is 82.2 Å². The fourth-order valence-electron chi connectivity index (χ4n) is 1.26. The third-order valence-corrected chi connectivity index (χ3v) is 2.16. The minimum absolute atomic E-state index is 0.0150. The maximum Gasteiger partial charge on any atom is 0.223 e. The molecule has 1 N–H and O–H groups in total. The Hall–Kier alpha value is -0.770. The summed E-state index contributed by atoms with van der Waals surface area (Å²) < 4.78 is 0. The Kier molecular flexibility index (Phi) is 4.02. The predicted octanol–water partition coefficient (Wildman–Crippen LogP) is -0.0362. The lowest BCUT2D eigenvalue weighted by molar-refractivity contribution is -0.130. The molecular weight excluding hydrogens is 192 g/mol. The molecule has 74 valence electrons. The van der Waals surface area contributed by atoms with Crippen LogP contribution < -0.4 is 5.32 Å². The van der Waals surface area contributed by atoms with Crippen LogP contribution in [0.5, 0.6) is 0 Å². The van der Waals surface area contributed by atoms with Crippen molar-refractivity contribution in [3.8, 4) is 0 Å². The van der Waals surface area contributed by atoms with Crippen molar-refractivity contribution in [3.05, 3.63) is 0 Å². The molecular formula is C8H13ClN2O2. The summed E-state index contributed by atoms with van der Waals surface area (Å²) in [6.07, 6.45) is 0.754. The van der Waals surface area contributed by atoms with Crippen molar-refractivity contribution in [1.82, 2.24) is 10.2 Å². The first-order chi connectivity index (χ1) is 6.24. The van der Waals surface area contributed by atoms with Crippen LogP contribution in [0.3, 0.4) is 0 Å². The van der Waals surface area contributed by atoms with Crippen LogP contribution in [-0.4, -0.2) is 42.2 Å². The molecule has 1 saturated heterocycles. The average Bonchev–Trinajstić information content (AvgIpc) is 2.30. The maximum absolute atomic E-state index is 11.4. The van der Waals surface area contributed by atoms with Gasteiger partial charge >= 0.3 is 0 Å². The van der Waals surface area contributed by atoms with Gasteiger partial charge in [-0.3, -0.25) is 9.59 Å². The molecule has 1 fully saturated rings. The molecule has 0 unspecified atom stereocenters. The highest BCUT2D eigenvalue weighted by Gasteiger charge is 2.17. The van der Waals surface area contributed by atoms with Gasteiger partial charge in [0.05, 0.1) is 0 Å². The summed E-state index contributed by atoms with van der Waals surface area (Å²) in [6.45, 7) is 1.66. The van der Waals surface area contributed by atoms with Crippen molar-refractivity contribution in [3.63, 3.8) is 0 Å². The summed E-state index contributed by atoms with van der Waals surface area (Å²) in [5, 5.41) is 2.71. The summed E-state index contributed by atoms with van der Waals surface area (Å²) in [5.74, 6) is 0.393. The summed E-state index contributed by atoms with van der Waals surface area (Å²) >= 11 is 5.46. The molecule has 0 saturated carbocycles. The van der Waals surface area contributed by atoms with Crippen LogP contribution in [0.25, 0.3) is 0 Å². The van der Waals surface area contributed by atoms with Gasteiger partial charge in [0, 0.05) is 38.4 Å². The fourth-order valence-corrected chi connectivity index (χ4v) is 1.42. The zero-order chi connectivity index (χ0) is 9.68. The van der Waals surface area contributed by atoms with Gasteiger partial charge in [0.2, 0.25) is 11.8 Å². The Morgan fingerprint density at radius 1 is 1.54 bits per heavy atom. The maximum atomic E-state index is 11.4. The van der Waals surface area contributed by atoms with Gasteiger partial charge in [-0.25, -0.2) is 0 Å². The summed E-state index contributed by atoms with van der Waals surface area (Å²) in [6, 6.07) is 0. The predicted molar refractivity (Wildman–Crippen MR) is 49.5 cm³/mol. The van der Waals surface area contributed by atoms with E-state index in [2.05, 4.69) is 5.32 Å². The minimum Gasteiger partial charge on any atom is -0.354 e. The molecule has 0 bridgehead atoms. The Balaban J connectivity index is 2.41. The van der Waals surface area contributed by atoms with E-state index in [1.807, 2.05) is 0 Å². The molecule has 0 aliphatic carbocycles. The third-order valence-electron chi connectivity index (χ3n) is 1.97. The quantitative estimate of drug-likeness (QED) is 0.642. The molecule has 0 aromatic heterocycles. The second-order valence-corrected chi connectivity index (χ2v) is 3.30. The molecule has 0 atom stereocenters. The Morgan fingerprint density at radius 3 is 3.00 bits per heavy atom. The second-order valence-electron chi connectivity index (χ2n) is 2.92. The van der Waals surface area contributed by atoms with Crippen molar-refractivity contribution in [2.24, 2.45) is 0 Å². The van der Waals surface area contributed by atoms with Crippen LogP contribution >= 0.6 is 11.6 Å². The van der Waals surface area contributed by atoms with Crippen LogP contribution in [0.15, 0.2) is 0 Å². The van der Waals surface area contributed by atoms with Gasteiger partial charge in [0.25, 0.3) is 0 Å². The SMILES string of the molecule is O=C1CCN(C(=O)CCCl)CCN1. The Morgan fingerprint density at radius 2 is 2.31 bits per heavy atom. The molecule has 1 aliphatic heterocycles. The number of amides is 2. The minimum atomic E-state index is 0.0150. The first-order valence-electron chi connectivity index (χ1n) is 4.34. The van der Waals surface area contributed by atoms with Gasteiger partial charge in [-0.15, -0.1) is 11.6 Å². The van der Waals surface area contributed by atoms with Gasteiger partial charge < -0.3 is 10.2 Å². The average molecular weight is 205 g/mol. The van der Waals surface area contributed by atoms with Gasteiger partial charge in [0.15, 0.2) is 0 Å². The standard InChI is InChI=1S/C8H13ClN2O2/c9-3-1-8(13)11-5-2-7(12)10-4-6-11/h1-6H2,(H,10,12). The second kappa shape index (κ2) is 5.07. The molecule has 1 rings (SSSR count). The zero-order valence-corrected chi connectivity index (χ0v) is 8.14. The summed E-state index contributed by atoms with van der Waals surface area (Å²) in [4.78, 5) is 24.0. The van der Waals surface area contributed by atoms with Crippen LogP contribution in [0.4, 0.5) is 0 Å². The molecule has 0 aromatic carbocycles.